The first-order valence-electron chi connectivity index (χ1n) is 8.05. The summed E-state index contributed by atoms with van der Waals surface area (Å²) in [5.41, 5.74) is 2.80. The fraction of sp³-hybridized carbons (Fsp3) is 0.111. The van der Waals surface area contributed by atoms with Gasteiger partial charge in [-0.25, -0.2) is 13.6 Å². The number of aromatic amines is 1. The van der Waals surface area contributed by atoms with Gasteiger partial charge in [0.15, 0.2) is 0 Å². The van der Waals surface area contributed by atoms with E-state index in [-0.39, 0.29) is 10.8 Å². The van der Waals surface area contributed by atoms with Gasteiger partial charge >= 0.3 is 0 Å². The highest BCUT2D eigenvalue weighted by molar-refractivity contribution is 9.10. The van der Waals surface area contributed by atoms with E-state index in [2.05, 4.69) is 31.4 Å². The Morgan fingerprint density at radius 1 is 1.11 bits per heavy atom. The minimum absolute atomic E-state index is 0.0603. The number of hydrogen-bond acceptors (Lipinski definition) is 4. The highest BCUT2D eigenvalue weighted by atomic mass is 79.9. The number of aromatic nitrogens is 2. The number of rotatable bonds is 6. The van der Waals surface area contributed by atoms with Crippen molar-refractivity contribution in [3.05, 3.63) is 70.3 Å². The van der Waals surface area contributed by atoms with Gasteiger partial charge in [0.1, 0.15) is 11.4 Å². The number of halogens is 1. The molecular formula is C18H17BrN4O3S. The van der Waals surface area contributed by atoms with E-state index in [1.807, 2.05) is 30.3 Å². The summed E-state index contributed by atoms with van der Waals surface area (Å²) in [5.74, 6) is -0.280. The van der Waals surface area contributed by atoms with Crippen molar-refractivity contribution in [2.45, 2.75) is 11.3 Å². The van der Waals surface area contributed by atoms with Crippen molar-refractivity contribution in [1.29, 1.82) is 0 Å². The van der Waals surface area contributed by atoms with Crippen molar-refractivity contribution >= 4 is 31.9 Å². The maximum absolute atomic E-state index is 12.4. The van der Waals surface area contributed by atoms with Crippen molar-refractivity contribution in [3.63, 3.8) is 0 Å². The molecule has 0 fully saturated rings. The number of primary sulfonamides is 1. The Morgan fingerprint density at radius 3 is 2.41 bits per heavy atom. The molecule has 27 heavy (non-hydrogen) atoms. The van der Waals surface area contributed by atoms with Crippen molar-refractivity contribution < 1.29 is 13.2 Å². The lowest BCUT2D eigenvalue weighted by Gasteiger charge is -2.05. The monoisotopic (exact) mass is 448 g/mol. The molecule has 0 aliphatic heterocycles. The van der Waals surface area contributed by atoms with Crippen LogP contribution in [0.15, 0.2) is 64.0 Å². The van der Waals surface area contributed by atoms with Crippen LogP contribution in [-0.2, 0) is 16.4 Å². The van der Waals surface area contributed by atoms with Gasteiger partial charge < -0.3 is 5.32 Å². The smallest absolute Gasteiger partial charge is 0.270 e. The molecule has 4 N–H and O–H groups in total. The molecule has 1 amide bonds. The fourth-order valence-corrected chi connectivity index (χ4v) is 3.62. The zero-order valence-corrected chi connectivity index (χ0v) is 16.5. The standard InChI is InChI=1S/C18H17BrN4O3S/c19-15-16(13-4-2-1-3-5-13)22-23-17(15)18(24)21-11-10-12-6-8-14(9-7-12)27(20,25)26/h1-9H,10-11H2,(H,21,24)(H,22,23)(H2,20,25,26). The van der Waals surface area contributed by atoms with Crippen LogP contribution >= 0.6 is 15.9 Å². The lowest BCUT2D eigenvalue weighted by atomic mass is 10.1. The summed E-state index contributed by atoms with van der Waals surface area (Å²) in [6.07, 6.45) is 0.550. The van der Waals surface area contributed by atoms with E-state index < -0.39 is 10.0 Å². The van der Waals surface area contributed by atoms with E-state index in [9.17, 15) is 13.2 Å². The van der Waals surface area contributed by atoms with Gasteiger partial charge in [-0.1, -0.05) is 42.5 Å². The van der Waals surface area contributed by atoms with Crippen LogP contribution in [-0.4, -0.2) is 31.1 Å². The van der Waals surface area contributed by atoms with Crippen LogP contribution in [0.1, 0.15) is 16.1 Å². The third-order valence-corrected chi connectivity index (χ3v) is 5.63. The maximum atomic E-state index is 12.4. The molecule has 0 atom stereocenters. The summed E-state index contributed by atoms with van der Waals surface area (Å²) in [4.78, 5) is 12.4. The van der Waals surface area contributed by atoms with Crippen LogP contribution in [0.3, 0.4) is 0 Å². The van der Waals surface area contributed by atoms with Crippen molar-refractivity contribution in [3.8, 4) is 11.3 Å². The molecule has 3 aromatic rings. The summed E-state index contributed by atoms with van der Waals surface area (Å²) in [7, 11) is -3.70. The zero-order chi connectivity index (χ0) is 19.4. The van der Waals surface area contributed by atoms with Gasteiger partial charge in [-0.15, -0.1) is 0 Å². The van der Waals surface area contributed by atoms with Crippen molar-refractivity contribution in [1.82, 2.24) is 15.5 Å². The molecular weight excluding hydrogens is 432 g/mol. The number of nitrogens with zero attached hydrogens (tertiary/aromatic N) is 1. The molecule has 0 bridgehead atoms. The summed E-state index contributed by atoms with van der Waals surface area (Å²) in [6, 6.07) is 15.8. The second kappa shape index (κ2) is 8.03. The highest BCUT2D eigenvalue weighted by Gasteiger charge is 2.18. The van der Waals surface area contributed by atoms with Gasteiger partial charge in [0.25, 0.3) is 5.91 Å². The first-order valence-corrected chi connectivity index (χ1v) is 10.4. The lowest BCUT2D eigenvalue weighted by molar-refractivity contribution is 0.0948. The van der Waals surface area contributed by atoms with Gasteiger partial charge in [0, 0.05) is 12.1 Å². The van der Waals surface area contributed by atoms with Crippen molar-refractivity contribution in [2.75, 3.05) is 6.54 Å². The lowest BCUT2D eigenvalue weighted by Crippen LogP contribution is -2.26. The number of nitrogens with one attached hydrogen (secondary N) is 2. The minimum atomic E-state index is -3.70. The van der Waals surface area contributed by atoms with Crippen LogP contribution in [0, 0.1) is 0 Å². The number of H-pyrrole nitrogens is 1. The largest absolute Gasteiger partial charge is 0.350 e. The molecule has 0 saturated heterocycles. The number of hydrogen-bond donors (Lipinski definition) is 3. The molecule has 1 aromatic heterocycles. The predicted octanol–water partition coefficient (Wildman–Crippen LogP) is 2.46. The Morgan fingerprint density at radius 2 is 1.78 bits per heavy atom. The maximum Gasteiger partial charge on any atom is 0.270 e. The SMILES string of the molecule is NS(=O)(=O)c1ccc(CCNC(=O)c2[nH]nc(-c3ccccc3)c2Br)cc1. The number of nitrogens with two attached hydrogens (primary N) is 1. The Kier molecular flexibility index (Phi) is 5.73. The van der Waals surface area contributed by atoms with Gasteiger partial charge in [-0.3, -0.25) is 9.89 Å². The molecule has 140 valence electrons. The number of carbonyl (C=O) groups is 1. The molecule has 9 heteroatoms. The van der Waals surface area contributed by atoms with Crippen LogP contribution in [0.4, 0.5) is 0 Å². The Labute approximate surface area is 165 Å². The van der Waals surface area contributed by atoms with Gasteiger partial charge in [-0.05, 0) is 40.0 Å². The minimum Gasteiger partial charge on any atom is -0.350 e. The molecule has 0 aliphatic rings. The van der Waals surface area contributed by atoms with E-state index >= 15 is 0 Å². The third kappa shape index (κ3) is 4.62. The highest BCUT2D eigenvalue weighted by Crippen LogP contribution is 2.28. The summed E-state index contributed by atoms with van der Waals surface area (Å²) in [5, 5.41) is 14.8. The number of carbonyl (C=O) groups excluding carboxylic acids is 1. The Hall–Kier alpha value is -2.49. The predicted molar refractivity (Wildman–Crippen MR) is 106 cm³/mol. The molecule has 3 rings (SSSR count). The first kappa shape index (κ1) is 19.3. The fourth-order valence-electron chi connectivity index (χ4n) is 2.52. The van der Waals surface area contributed by atoms with Gasteiger partial charge in [0.05, 0.1) is 9.37 Å². The average molecular weight is 449 g/mol. The third-order valence-electron chi connectivity index (χ3n) is 3.93. The summed E-state index contributed by atoms with van der Waals surface area (Å²) in [6.45, 7) is 0.389. The number of amides is 1. The van der Waals surface area contributed by atoms with E-state index in [0.29, 0.717) is 28.8 Å². The van der Waals surface area contributed by atoms with E-state index in [4.69, 9.17) is 5.14 Å². The van der Waals surface area contributed by atoms with Crippen LogP contribution in [0.2, 0.25) is 0 Å². The first-order chi connectivity index (χ1) is 12.9. The second-order valence-corrected chi connectivity index (χ2v) is 8.18. The number of sulfonamides is 1. The molecule has 2 aromatic carbocycles. The van der Waals surface area contributed by atoms with Gasteiger partial charge in [0.2, 0.25) is 10.0 Å². The van der Waals surface area contributed by atoms with E-state index in [1.165, 1.54) is 12.1 Å². The summed E-state index contributed by atoms with van der Waals surface area (Å²) >= 11 is 3.43. The molecule has 0 saturated carbocycles. The molecule has 0 spiro atoms. The topological polar surface area (TPSA) is 118 Å². The van der Waals surface area contributed by atoms with Gasteiger partial charge in [-0.2, -0.15) is 5.10 Å². The molecule has 0 aliphatic carbocycles. The zero-order valence-electron chi connectivity index (χ0n) is 14.1. The Balaban J connectivity index is 1.61. The molecule has 0 unspecified atom stereocenters. The summed E-state index contributed by atoms with van der Waals surface area (Å²) < 4.78 is 23.1. The normalized spacial score (nSPS) is 11.3. The van der Waals surface area contributed by atoms with Crippen LogP contribution < -0.4 is 10.5 Å². The average Bonchev–Trinajstić information content (AvgIpc) is 3.03. The number of benzene rings is 2. The second-order valence-electron chi connectivity index (χ2n) is 5.82. The van der Waals surface area contributed by atoms with Crippen LogP contribution in [0.25, 0.3) is 11.3 Å². The molecule has 7 nitrogen and oxygen atoms in total. The molecule has 1 heterocycles. The van der Waals surface area contributed by atoms with E-state index in [0.717, 1.165) is 11.1 Å². The van der Waals surface area contributed by atoms with E-state index in [1.54, 1.807) is 12.1 Å². The van der Waals surface area contributed by atoms with Crippen molar-refractivity contribution in [2.24, 2.45) is 5.14 Å². The van der Waals surface area contributed by atoms with Crippen LogP contribution in [0.5, 0.6) is 0 Å². The molecule has 0 radical (unpaired) electrons. The quantitative estimate of drug-likeness (QED) is 0.536. The Bertz CT molecular complexity index is 1050.